The van der Waals surface area contributed by atoms with Crippen LogP contribution in [0.3, 0.4) is 0 Å². The van der Waals surface area contributed by atoms with Crippen molar-refractivity contribution in [1.29, 1.82) is 0 Å². The van der Waals surface area contributed by atoms with Gasteiger partial charge in [-0.15, -0.1) is 13.2 Å². The quantitative estimate of drug-likeness (QED) is 0.854. The minimum absolute atomic E-state index is 0.162. The van der Waals surface area contributed by atoms with Gasteiger partial charge >= 0.3 is 12.3 Å². The number of methoxy groups -OCH3 is 1. The second-order valence-corrected chi connectivity index (χ2v) is 5.29. The lowest BCUT2D eigenvalue weighted by molar-refractivity contribution is -0.274. The lowest BCUT2D eigenvalue weighted by Crippen LogP contribution is -2.33. The molecule has 2 rings (SSSR count). The van der Waals surface area contributed by atoms with Crippen LogP contribution in [-0.2, 0) is 14.3 Å². The molecule has 0 spiro atoms. The molecular weight excluding hydrogens is 331 g/mol. The third-order valence-corrected chi connectivity index (χ3v) is 3.74. The number of alkyl halides is 3. The van der Waals surface area contributed by atoms with Crippen molar-refractivity contribution in [3.63, 3.8) is 0 Å². The van der Waals surface area contributed by atoms with Gasteiger partial charge in [-0.05, 0) is 17.7 Å². The molecule has 132 valence electrons. The van der Waals surface area contributed by atoms with Gasteiger partial charge in [0.15, 0.2) is 0 Å². The third kappa shape index (κ3) is 4.16. The van der Waals surface area contributed by atoms with E-state index in [2.05, 4.69) is 4.74 Å². The highest BCUT2D eigenvalue weighted by Crippen LogP contribution is 2.38. The average Bonchev–Trinajstić information content (AvgIpc) is 2.81. The smallest absolute Gasteiger partial charge is 0.481 e. The summed E-state index contributed by atoms with van der Waals surface area (Å²) in [4.78, 5) is 24.9. The van der Waals surface area contributed by atoms with Crippen molar-refractivity contribution in [2.24, 2.45) is 5.92 Å². The number of carboxylic acids is 1. The number of rotatable bonds is 6. The monoisotopic (exact) mass is 347 g/mol. The molecule has 1 aromatic carbocycles. The Morgan fingerprint density at radius 3 is 2.46 bits per heavy atom. The van der Waals surface area contributed by atoms with Crippen molar-refractivity contribution in [3.8, 4) is 5.75 Å². The number of carboxylic acid groups (broad SMARTS) is 1. The Balaban J connectivity index is 2.26. The Labute approximate surface area is 135 Å². The summed E-state index contributed by atoms with van der Waals surface area (Å²) in [7, 11) is 1.45. The van der Waals surface area contributed by atoms with Crippen molar-refractivity contribution in [2.75, 3.05) is 20.3 Å². The number of hydrogen-bond donors (Lipinski definition) is 1. The van der Waals surface area contributed by atoms with Gasteiger partial charge in [0.05, 0.1) is 18.6 Å². The number of hydrogen-bond acceptors (Lipinski definition) is 4. The van der Waals surface area contributed by atoms with Gasteiger partial charge in [0.1, 0.15) is 5.75 Å². The first kappa shape index (κ1) is 18.1. The van der Waals surface area contributed by atoms with E-state index in [4.69, 9.17) is 4.74 Å². The van der Waals surface area contributed by atoms with Crippen molar-refractivity contribution in [1.82, 2.24) is 4.90 Å². The topological polar surface area (TPSA) is 76.1 Å². The van der Waals surface area contributed by atoms with Crippen LogP contribution < -0.4 is 4.74 Å². The molecule has 1 aromatic rings. The second-order valence-electron chi connectivity index (χ2n) is 5.29. The second kappa shape index (κ2) is 7.08. The molecular formula is C15H16F3NO5. The Hall–Kier alpha value is -2.29. The van der Waals surface area contributed by atoms with Crippen molar-refractivity contribution < 1.29 is 37.3 Å². The molecule has 24 heavy (non-hydrogen) atoms. The van der Waals surface area contributed by atoms with E-state index in [-0.39, 0.29) is 25.5 Å². The first-order valence-electron chi connectivity index (χ1n) is 7.10. The fourth-order valence-corrected chi connectivity index (χ4v) is 2.74. The van der Waals surface area contributed by atoms with Crippen LogP contribution in [0, 0.1) is 5.92 Å². The lowest BCUT2D eigenvalue weighted by atomic mass is 9.93. The molecule has 0 bridgehead atoms. The largest absolute Gasteiger partial charge is 0.573 e. The van der Waals surface area contributed by atoms with Crippen LogP contribution in [0.15, 0.2) is 24.3 Å². The van der Waals surface area contributed by atoms with Crippen LogP contribution in [0.5, 0.6) is 5.75 Å². The number of likely N-dealkylation sites (tertiary alicyclic amines) is 1. The van der Waals surface area contributed by atoms with Crippen LogP contribution >= 0.6 is 0 Å². The van der Waals surface area contributed by atoms with Gasteiger partial charge in [0.25, 0.3) is 0 Å². The first-order chi connectivity index (χ1) is 11.2. The molecule has 1 fully saturated rings. The molecule has 9 heteroatoms. The van der Waals surface area contributed by atoms with Gasteiger partial charge in [0.2, 0.25) is 5.91 Å². The molecule has 2 atom stereocenters. The summed E-state index contributed by atoms with van der Waals surface area (Å²) in [5.74, 6) is -2.85. The number of benzene rings is 1. The molecule has 6 nitrogen and oxygen atoms in total. The zero-order valence-corrected chi connectivity index (χ0v) is 12.7. The zero-order valence-electron chi connectivity index (χ0n) is 12.7. The summed E-state index contributed by atoms with van der Waals surface area (Å²) < 4.78 is 45.3. The standard InChI is InChI=1S/C15H16F3NO5/c1-23-7-6-19-12(20)8-11(14(21)22)13(19)9-2-4-10(5-3-9)24-15(16,17)18/h2-5,11,13H,6-8H2,1H3,(H,21,22)/t11-,13+/m1/s1. The maximum atomic E-state index is 12.2. The van der Waals surface area contributed by atoms with E-state index in [0.717, 1.165) is 12.1 Å². The predicted molar refractivity (Wildman–Crippen MR) is 75.2 cm³/mol. The minimum Gasteiger partial charge on any atom is -0.481 e. The number of amides is 1. The summed E-state index contributed by atoms with van der Waals surface area (Å²) in [6.07, 6.45) is -4.97. The van der Waals surface area contributed by atoms with E-state index in [1.54, 1.807) is 0 Å². The summed E-state index contributed by atoms with van der Waals surface area (Å²) >= 11 is 0. The lowest BCUT2D eigenvalue weighted by Gasteiger charge is -2.27. The molecule has 1 saturated heterocycles. The van der Waals surface area contributed by atoms with E-state index in [1.165, 1.54) is 24.1 Å². The van der Waals surface area contributed by atoms with Gasteiger partial charge in [-0.3, -0.25) is 9.59 Å². The highest BCUT2D eigenvalue weighted by atomic mass is 19.4. The molecule has 0 saturated carbocycles. The Morgan fingerprint density at radius 2 is 1.96 bits per heavy atom. The normalized spacial score (nSPS) is 21.2. The number of carbonyl (C=O) groups is 2. The number of halogens is 3. The van der Waals surface area contributed by atoms with Crippen molar-refractivity contribution >= 4 is 11.9 Å². The van der Waals surface area contributed by atoms with Crippen molar-refractivity contribution in [3.05, 3.63) is 29.8 Å². The summed E-state index contributed by atoms with van der Waals surface area (Å²) in [5, 5.41) is 9.33. The van der Waals surface area contributed by atoms with Gasteiger partial charge < -0.3 is 19.5 Å². The molecule has 1 N–H and O–H groups in total. The van der Waals surface area contributed by atoms with E-state index in [0.29, 0.717) is 5.56 Å². The molecule has 1 aliphatic rings. The van der Waals surface area contributed by atoms with E-state index in [1.807, 2.05) is 0 Å². The fraction of sp³-hybridized carbons (Fsp3) is 0.467. The van der Waals surface area contributed by atoms with Gasteiger partial charge in [-0.1, -0.05) is 12.1 Å². The number of carbonyl (C=O) groups excluding carboxylic acids is 1. The molecule has 1 aliphatic heterocycles. The van der Waals surface area contributed by atoms with Gasteiger partial charge in [0, 0.05) is 20.1 Å². The minimum atomic E-state index is -4.81. The molecule has 0 aromatic heterocycles. The third-order valence-electron chi connectivity index (χ3n) is 3.74. The number of aliphatic carboxylic acids is 1. The highest BCUT2D eigenvalue weighted by molar-refractivity contribution is 5.87. The number of ether oxygens (including phenoxy) is 2. The summed E-state index contributed by atoms with van der Waals surface area (Å²) in [5.41, 5.74) is 0.430. The van der Waals surface area contributed by atoms with Crippen LogP contribution in [0.25, 0.3) is 0 Å². The summed E-state index contributed by atoms with van der Waals surface area (Å²) in [6.45, 7) is 0.425. The first-order valence-corrected chi connectivity index (χ1v) is 7.10. The zero-order chi connectivity index (χ0) is 17.9. The predicted octanol–water partition coefficient (Wildman–Crippen LogP) is 2.21. The Bertz CT molecular complexity index is 602. The van der Waals surface area contributed by atoms with Crippen molar-refractivity contribution in [2.45, 2.75) is 18.8 Å². The van der Waals surface area contributed by atoms with E-state index in [9.17, 15) is 27.9 Å². The molecule has 1 heterocycles. The highest BCUT2D eigenvalue weighted by Gasteiger charge is 2.44. The molecule has 0 radical (unpaired) electrons. The Kier molecular flexibility index (Phi) is 5.33. The molecule has 0 aliphatic carbocycles. The average molecular weight is 347 g/mol. The molecule has 1 amide bonds. The van der Waals surface area contributed by atoms with Crippen LogP contribution in [-0.4, -0.2) is 48.5 Å². The van der Waals surface area contributed by atoms with E-state index < -0.39 is 30.0 Å². The maximum Gasteiger partial charge on any atom is 0.573 e. The maximum absolute atomic E-state index is 12.2. The van der Waals surface area contributed by atoms with E-state index >= 15 is 0 Å². The SMILES string of the molecule is COCCN1C(=O)C[C@@H](C(=O)O)[C@@H]1c1ccc(OC(F)(F)F)cc1. The van der Waals surface area contributed by atoms with Gasteiger partial charge in [-0.25, -0.2) is 0 Å². The van der Waals surface area contributed by atoms with Crippen LogP contribution in [0.1, 0.15) is 18.0 Å². The fourth-order valence-electron chi connectivity index (χ4n) is 2.74. The molecule has 0 unspecified atom stereocenters. The van der Waals surface area contributed by atoms with Crippen LogP contribution in [0.2, 0.25) is 0 Å². The van der Waals surface area contributed by atoms with Gasteiger partial charge in [-0.2, -0.15) is 0 Å². The summed E-state index contributed by atoms with van der Waals surface area (Å²) in [6, 6.07) is 4.10. The number of nitrogens with zero attached hydrogens (tertiary/aromatic N) is 1. The Morgan fingerprint density at radius 1 is 1.33 bits per heavy atom. The van der Waals surface area contributed by atoms with Crippen LogP contribution in [0.4, 0.5) is 13.2 Å².